The monoisotopic (exact) mass is 399 g/mol. The van der Waals surface area contributed by atoms with Crippen LogP contribution in [0.15, 0.2) is 65.6 Å². The molecule has 0 aliphatic heterocycles. The molecular weight excluding hydrogens is 378 g/mol. The lowest BCUT2D eigenvalue weighted by atomic mass is 10.1. The van der Waals surface area contributed by atoms with Crippen LogP contribution in [0, 0.1) is 0 Å². The molecule has 3 aromatic carbocycles. The van der Waals surface area contributed by atoms with E-state index < -0.39 is 16.0 Å². The fourth-order valence-electron chi connectivity index (χ4n) is 2.69. The predicted octanol–water partition coefficient (Wildman–Crippen LogP) is 4.52. The Kier molecular flexibility index (Phi) is 5.84. The second-order valence-corrected chi connectivity index (χ2v) is 8.04. The fraction of sp³-hybridized carbons (Fsp3) is 0.190. The molecule has 0 heterocycles. The zero-order valence-electron chi connectivity index (χ0n) is 15.4. The van der Waals surface area contributed by atoms with Gasteiger partial charge in [0.2, 0.25) is 0 Å². The van der Waals surface area contributed by atoms with Gasteiger partial charge in [-0.2, -0.15) is 0 Å². The number of carboxylic acid groups (broad SMARTS) is 1. The molecule has 0 fully saturated rings. The third kappa shape index (κ3) is 4.61. The quantitative estimate of drug-likeness (QED) is 0.543. The van der Waals surface area contributed by atoms with Gasteiger partial charge in [-0.3, -0.25) is 4.72 Å². The SMILES string of the molecule is CCCCOc1ccc2cc(S(=O)(=O)Nc3ccc(C(=O)O)cc3)ccc2c1. The highest BCUT2D eigenvalue weighted by Crippen LogP contribution is 2.25. The van der Waals surface area contributed by atoms with Crippen molar-refractivity contribution < 1.29 is 23.1 Å². The first-order chi connectivity index (χ1) is 13.4. The Morgan fingerprint density at radius 1 is 1.00 bits per heavy atom. The molecule has 2 N–H and O–H groups in total. The van der Waals surface area contributed by atoms with Crippen molar-refractivity contribution in [3.63, 3.8) is 0 Å². The molecule has 3 aromatic rings. The maximum Gasteiger partial charge on any atom is 0.335 e. The summed E-state index contributed by atoms with van der Waals surface area (Å²) in [5, 5.41) is 10.6. The van der Waals surface area contributed by atoms with E-state index in [-0.39, 0.29) is 10.5 Å². The number of unbranched alkanes of at least 4 members (excludes halogenated alkanes) is 1. The molecule has 0 aliphatic carbocycles. The summed E-state index contributed by atoms with van der Waals surface area (Å²) in [7, 11) is -3.79. The molecule has 7 heteroatoms. The number of sulfonamides is 1. The number of anilines is 1. The van der Waals surface area contributed by atoms with Crippen molar-refractivity contribution in [3.8, 4) is 5.75 Å². The van der Waals surface area contributed by atoms with E-state index in [0.717, 1.165) is 29.4 Å². The number of ether oxygens (including phenoxy) is 1. The molecule has 0 saturated carbocycles. The minimum absolute atomic E-state index is 0.0885. The van der Waals surface area contributed by atoms with E-state index in [1.165, 1.54) is 30.3 Å². The molecule has 0 atom stereocenters. The molecule has 0 unspecified atom stereocenters. The standard InChI is InChI=1S/C21H21NO5S/c1-2-3-12-27-19-10-6-17-14-20(11-7-16(17)13-19)28(25,26)22-18-8-4-15(5-9-18)21(23)24/h4-11,13-14,22H,2-3,12H2,1H3,(H,23,24). The van der Waals surface area contributed by atoms with E-state index in [1.54, 1.807) is 12.1 Å². The van der Waals surface area contributed by atoms with Crippen LogP contribution in [0.1, 0.15) is 30.1 Å². The van der Waals surface area contributed by atoms with Crippen molar-refractivity contribution in [1.82, 2.24) is 0 Å². The van der Waals surface area contributed by atoms with E-state index >= 15 is 0 Å². The van der Waals surface area contributed by atoms with Gasteiger partial charge in [0.1, 0.15) is 5.75 Å². The number of rotatable bonds is 8. The van der Waals surface area contributed by atoms with Crippen LogP contribution in [0.2, 0.25) is 0 Å². The van der Waals surface area contributed by atoms with Crippen LogP contribution in [0.4, 0.5) is 5.69 Å². The zero-order valence-corrected chi connectivity index (χ0v) is 16.2. The minimum Gasteiger partial charge on any atom is -0.494 e. The van der Waals surface area contributed by atoms with Gasteiger partial charge in [-0.05, 0) is 65.7 Å². The van der Waals surface area contributed by atoms with E-state index in [2.05, 4.69) is 11.6 Å². The van der Waals surface area contributed by atoms with Crippen LogP contribution < -0.4 is 9.46 Å². The van der Waals surface area contributed by atoms with E-state index in [0.29, 0.717) is 12.3 Å². The highest BCUT2D eigenvalue weighted by atomic mass is 32.2. The molecular formula is C21H21NO5S. The number of fused-ring (bicyclic) bond motifs is 1. The Bertz CT molecular complexity index is 1090. The number of nitrogens with one attached hydrogen (secondary N) is 1. The first-order valence-electron chi connectivity index (χ1n) is 8.92. The number of aromatic carboxylic acids is 1. The van der Waals surface area contributed by atoms with Gasteiger partial charge in [-0.15, -0.1) is 0 Å². The molecule has 3 rings (SSSR count). The molecule has 0 bridgehead atoms. The van der Waals surface area contributed by atoms with Crippen molar-refractivity contribution in [3.05, 3.63) is 66.2 Å². The number of carboxylic acids is 1. The lowest BCUT2D eigenvalue weighted by Gasteiger charge is -2.10. The molecule has 0 aromatic heterocycles. The summed E-state index contributed by atoms with van der Waals surface area (Å²) in [6.07, 6.45) is 2.04. The Morgan fingerprint density at radius 2 is 1.68 bits per heavy atom. The van der Waals surface area contributed by atoms with Crippen LogP contribution in [-0.2, 0) is 10.0 Å². The fourth-order valence-corrected chi connectivity index (χ4v) is 3.78. The normalized spacial score (nSPS) is 11.3. The van der Waals surface area contributed by atoms with Crippen LogP contribution >= 0.6 is 0 Å². The van der Waals surface area contributed by atoms with Gasteiger partial charge < -0.3 is 9.84 Å². The average Bonchev–Trinajstić information content (AvgIpc) is 2.68. The lowest BCUT2D eigenvalue weighted by Crippen LogP contribution is -2.13. The van der Waals surface area contributed by atoms with Crippen molar-refractivity contribution in [2.45, 2.75) is 24.7 Å². The average molecular weight is 399 g/mol. The minimum atomic E-state index is -3.79. The molecule has 0 amide bonds. The Morgan fingerprint density at radius 3 is 2.36 bits per heavy atom. The smallest absolute Gasteiger partial charge is 0.335 e. The van der Waals surface area contributed by atoms with Crippen LogP contribution in [-0.4, -0.2) is 26.1 Å². The summed E-state index contributed by atoms with van der Waals surface area (Å²) in [5.41, 5.74) is 0.385. The van der Waals surface area contributed by atoms with Gasteiger partial charge in [0.25, 0.3) is 10.0 Å². The molecule has 0 radical (unpaired) electrons. The number of benzene rings is 3. The van der Waals surface area contributed by atoms with Gasteiger partial charge in [-0.25, -0.2) is 13.2 Å². The third-order valence-corrected chi connectivity index (χ3v) is 5.62. The van der Waals surface area contributed by atoms with E-state index in [1.807, 2.05) is 18.2 Å². The molecule has 0 saturated heterocycles. The molecule has 6 nitrogen and oxygen atoms in total. The van der Waals surface area contributed by atoms with Crippen LogP contribution in [0.5, 0.6) is 5.75 Å². The summed E-state index contributed by atoms with van der Waals surface area (Å²) in [6, 6.07) is 15.9. The predicted molar refractivity (Wildman–Crippen MR) is 109 cm³/mol. The third-order valence-electron chi connectivity index (χ3n) is 4.24. The van der Waals surface area contributed by atoms with Crippen molar-refractivity contribution in [1.29, 1.82) is 0 Å². The maximum atomic E-state index is 12.7. The van der Waals surface area contributed by atoms with Gasteiger partial charge in [0, 0.05) is 5.69 Å². The number of carbonyl (C=O) groups is 1. The highest BCUT2D eigenvalue weighted by Gasteiger charge is 2.15. The van der Waals surface area contributed by atoms with Gasteiger partial charge in [0.05, 0.1) is 17.1 Å². The van der Waals surface area contributed by atoms with E-state index in [9.17, 15) is 13.2 Å². The Balaban J connectivity index is 1.81. The van der Waals surface area contributed by atoms with Crippen LogP contribution in [0.25, 0.3) is 10.8 Å². The maximum absolute atomic E-state index is 12.7. The second kappa shape index (κ2) is 8.31. The Hall–Kier alpha value is -3.06. The largest absolute Gasteiger partial charge is 0.494 e. The first kappa shape index (κ1) is 19.7. The Labute approximate surface area is 163 Å². The van der Waals surface area contributed by atoms with Gasteiger partial charge >= 0.3 is 5.97 Å². The second-order valence-electron chi connectivity index (χ2n) is 6.36. The van der Waals surface area contributed by atoms with Crippen LogP contribution in [0.3, 0.4) is 0 Å². The number of hydrogen-bond acceptors (Lipinski definition) is 4. The van der Waals surface area contributed by atoms with Gasteiger partial charge in [-0.1, -0.05) is 25.5 Å². The number of hydrogen-bond donors (Lipinski definition) is 2. The van der Waals surface area contributed by atoms with E-state index in [4.69, 9.17) is 9.84 Å². The summed E-state index contributed by atoms with van der Waals surface area (Å²) in [4.78, 5) is 11.0. The molecule has 0 aliphatic rings. The van der Waals surface area contributed by atoms with Crippen molar-refractivity contribution in [2.24, 2.45) is 0 Å². The van der Waals surface area contributed by atoms with Crippen molar-refractivity contribution in [2.75, 3.05) is 11.3 Å². The molecule has 146 valence electrons. The summed E-state index contributed by atoms with van der Waals surface area (Å²) >= 11 is 0. The molecule has 28 heavy (non-hydrogen) atoms. The molecule has 0 spiro atoms. The lowest BCUT2D eigenvalue weighted by molar-refractivity contribution is 0.0697. The summed E-state index contributed by atoms with van der Waals surface area (Å²) < 4.78 is 33.5. The zero-order chi connectivity index (χ0) is 20.1. The van der Waals surface area contributed by atoms with Gasteiger partial charge in [0.15, 0.2) is 0 Å². The summed E-state index contributed by atoms with van der Waals surface area (Å²) in [6.45, 7) is 2.75. The highest BCUT2D eigenvalue weighted by molar-refractivity contribution is 7.92. The first-order valence-corrected chi connectivity index (χ1v) is 10.4. The topological polar surface area (TPSA) is 92.7 Å². The summed E-state index contributed by atoms with van der Waals surface area (Å²) in [5.74, 6) is -0.310. The van der Waals surface area contributed by atoms with Crippen molar-refractivity contribution >= 4 is 32.5 Å².